The Balaban J connectivity index is 2.42. The van der Waals surface area contributed by atoms with E-state index in [1.165, 1.54) is 20.8 Å². The zero-order chi connectivity index (χ0) is 30.2. The molecule has 2 aromatic carbocycles. The Morgan fingerprint density at radius 1 is 0.897 bits per heavy atom. The van der Waals surface area contributed by atoms with E-state index < -0.39 is 86.9 Å². The number of alkyl carbamates (subject to hydrolysis) is 1. The van der Waals surface area contributed by atoms with Crippen LogP contribution in [0.2, 0.25) is 10.0 Å². The van der Waals surface area contributed by atoms with E-state index in [0.717, 1.165) is 12.1 Å². The topological polar surface area (TPSA) is 70.6 Å². The van der Waals surface area contributed by atoms with Crippen molar-refractivity contribution in [3.63, 3.8) is 0 Å². The summed E-state index contributed by atoms with van der Waals surface area (Å²) < 4.78 is 127. The van der Waals surface area contributed by atoms with Gasteiger partial charge < -0.3 is 20.5 Å². The Kier molecular flexibility index (Phi) is 9.31. The number of carbonyl (C=O) groups is 1. The molecule has 0 saturated heterocycles. The molecule has 218 valence electrons. The number of alkyl halides is 9. The summed E-state index contributed by atoms with van der Waals surface area (Å²) in [6.07, 6.45) is -16.9. The second-order valence-corrected chi connectivity index (χ2v) is 10.0. The summed E-state index contributed by atoms with van der Waals surface area (Å²) in [5, 5.41) is 12.5. The van der Waals surface area contributed by atoms with Gasteiger partial charge in [0.2, 0.25) is 5.60 Å². The van der Waals surface area contributed by atoms with E-state index >= 15 is 0 Å². The fourth-order valence-electron chi connectivity index (χ4n) is 3.22. The Labute approximate surface area is 226 Å². The van der Waals surface area contributed by atoms with Crippen molar-refractivity contribution >= 4 is 35.0 Å². The van der Waals surface area contributed by atoms with E-state index in [0.29, 0.717) is 12.1 Å². The fourth-order valence-corrected chi connectivity index (χ4v) is 3.65. The average molecular weight is 615 g/mol. The van der Waals surface area contributed by atoms with E-state index in [2.05, 4.69) is 5.32 Å². The van der Waals surface area contributed by atoms with Gasteiger partial charge >= 0.3 is 24.6 Å². The molecule has 16 heteroatoms. The van der Waals surface area contributed by atoms with Crippen LogP contribution in [0.25, 0.3) is 0 Å². The zero-order valence-corrected chi connectivity index (χ0v) is 21.7. The monoisotopic (exact) mass is 614 g/mol. The van der Waals surface area contributed by atoms with Crippen LogP contribution in [0.4, 0.5) is 50.0 Å². The molecule has 0 aliphatic rings. The van der Waals surface area contributed by atoms with Gasteiger partial charge in [-0.05, 0) is 56.2 Å². The second-order valence-electron chi connectivity index (χ2n) is 9.25. The third kappa shape index (κ3) is 8.21. The molecule has 0 aliphatic carbocycles. The van der Waals surface area contributed by atoms with Crippen molar-refractivity contribution in [3.05, 3.63) is 62.6 Å². The zero-order valence-electron chi connectivity index (χ0n) is 20.2. The molecule has 0 aliphatic heterocycles. The molecule has 1 amide bonds. The standard InChI is InChI=1S/C23H21Cl2F9N2O3/c1-19(2,3)39-18(37)35-9-11-4-5-13(8-14(11)21(26,27)28)36-10-20(38,23(32,33)34)12-6-15(22(29,30)31)17(25)16(24)7-12/h4-8,36,38H,9-10H2,1-3H3,(H,35,37)/t20-/m1/s1. The van der Waals surface area contributed by atoms with Crippen LogP contribution in [-0.2, 0) is 29.2 Å². The number of aliphatic hydroxyl groups is 1. The number of nitrogens with one attached hydrogen (secondary N) is 2. The molecule has 0 saturated carbocycles. The Morgan fingerprint density at radius 2 is 1.46 bits per heavy atom. The van der Waals surface area contributed by atoms with Gasteiger partial charge in [-0.2, -0.15) is 39.5 Å². The lowest BCUT2D eigenvalue weighted by Crippen LogP contribution is -2.48. The highest BCUT2D eigenvalue weighted by molar-refractivity contribution is 6.42. The quantitative estimate of drug-likeness (QED) is 0.289. The SMILES string of the molecule is CC(C)(C)OC(=O)NCc1ccc(NC[C@@](O)(c2cc(Cl)c(Cl)c(C(F)(F)F)c2)C(F)(F)F)cc1C(F)(F)F. The lowest BCUT2D eigenvalue weighted by atomic mass is 9.91. The predicted molar refractivity (Wildman–Crippen MR) is 124 cm³/mol. The second kappa shape index (κ2) is 11.1. The molecule has 0 aromatic heterocycles. The summed E-state index contributed by atoms with van der Waals surface area (Å²) >= 11 is 11.0. The summed E-state index contributed by atoms with van der Waals surface area (Å²) in [5.74, 6) is 0. The van der Waals surface area contributed by atoms with E-state index in [-0.39, 0.29) is 6.07 Å². The van der Waals surface area contributed by atoms with Crippen LogP contribution in [0.1, 0.15) is 43.0 Å². The number of hydrogen-bond acceptors (Lipinski definition) is 4. The molecule has 3 N–H and O–H groups in total. The number of benzene rings is 2. The van der Waals surface area contributed by atoms with Crippen molar-refractivity contribution in [1.29, 1.82) is 0 Å². The minimum Gasteiger partial charge on any atom is -0.444 e. The Bertz CT molecular complexity index is 1210. The average Bonchev–Trinajstić information content (AvgIpc) is 2.74. The van der Waals surface area contributed by atoms with Gasteiger partial charge in [-0.15, -0.1) is 0 Å². The van der Waals surface area contributed by atoms with Crippen LogP contribution in [-0.4, -0.2) is 29.5 Å². The minimum absolute atomic E-state index is 0.0457. The van der Waals surface area contributed by atoms with E-state index in [1.54, 1.807) is 0 Å². The maximum atomic E-state index is 13.9. The van der Waals surface area contributed by atoms with Crippen molar-refractivity contribution in [1.82, 2.24) is 5.32 Å². The summed E-state index contributed by atoms with van der Waals surface area (Å²) in [7, 11) is 0. The number of anilines is 1. The van der Waals surface area contributed by atoms with Crippen LogP contribution >= 0.6 is 23.2 Å². The molecule has 2 aromatic rings. The molecule has 0 fully saturated rings. The van der Waals surface area contributed by atoms with Crippen molar-refractivity contribution in [2.75, 3.05) is 11.9 Å². The van der Waals surface area contributed by atoms with Gasteiger partial charge in [0.25, 0.3) is 0 Å². The predicted octanol–water partition coefficient (Wildman–Crippen LogP) is 7.92. The highest BCUT2D eigenvalue weighted by Crippen LogP contribution is 2.45. The highest BCUT2D eigenvalue weighted by atomic mass is 35.5. The lowest BCUT2D eigenvalue weighted by molar-refractivity contribution is -0.260. The first kappa shape index (κ1) is 32.6. The molecule has 5 nitrogen and oxygen atoms in total. The lowest BCUT2D eigenvalue weighted by Gasteiger charge is -2.32. The van der Waals surface area contributed by atoms with Crippen molar-refractivity contribution < 1.29 is 54.2 Å². The van der Waals surface area contributed by atoms with Crippen LogP contribution in [0.15, 0.2) is 30.3 Å². The molecular formula is C23H21Cl2F9N2O3. The fraction of sp³-hybridized carbons (Fsp3) is 0.435. The molecule has 0 spiro atoms. The van der Waals surface area contributed by atoms with Crippen LogP contribution in [0.5, 0.6) is 0 Å². The van der Waals surface area contributed by atoms with Gasteiger partial charge in [0.1, 0.15) is 5.60 Å². The van der Waals surface area contributed by atoms with Gasteiger partial charge in [0.05, 0.1) is 27.7 Å². The van der Waals surface area contributed by atoms with Crippen LogP contribution in [0.3, 0.4) is 0 Å². The normalized spacial score (nSPS) is 14.5. The number of halogens is 11. The van der Waals surface area contributed by atoms with Gasteiger partial charge in [0.15, 0.2) is 0 Å². The summed E-state index contributed by atoms with van der Waals surface area (Å²) in [4.78, 5) is 11.8. The third-order valence-corrected chi connectivity index (χ3v) is 5.87. The highest BCUT2D eigenvalue weighted by Gasteiger charge is 2.56. The van der Waals surface area contributed by atoms with Crippen molar-refractivity contribution in [2.24, 2.45) is 0 Å². The first-order valence-electron chi connectivity index (χ1n) is 10.7. The van der Waals surface area contributed by atoms with Crippen LogP contribution < -0.4 is 10.6 Å². The number of ether oxygens (including phenoxy) is 1. The van der Waals surface area contributed by atoms with E-state index in [1.807, 2.05) is 5.32 Å². The molecule has 0 radical (unpaired) electrons. The minimum atomic E-state index is -5.61. The van der Waals surface area contributed by atoms with Gasteiger partial charge in [-0.25, -0.2) is 4.79 Å². The first-order chi connectivity index (χ1) is 17.5. The van der Waals surface area contributed by atoms with E-state index in [4.69, 9.17) is 27.9 Å². The molecular weight excluding hydrogens is 594 g/mol. The largest absolute Gasteiger partial charge is 0.444 e. The maximum absolute atomic E-state index is 13.9. The van der Waals surface area contributed by atoms with Crippen molar-refractivity contribution in [3.8, 4) is 0 Å². The number of amides is 1. The summed E-state index contributed by atoms with van der Waals surface area (Å²) in [6, 6.07) is 2.53. The number of carbonyl (C=O) groups excluding carboxylic acids is 1. The third-order valence-electron chi connectivity index (χ3n) is 5.07. The number of hydrogen-bond donors (Lipinski definition) is 3. The van der Waals surface area contributed by atoms with Crippen LogP contribution in [0, 0.1) is 0 Å². The molecule has 2 rings (SSSR count). The Morgan fingerprint density at radius 3 is 1.95 bits per heavy atom. The molecule has 0 heterocycles. The van der Waals surface area contributed by atoms with E-state index in [9.17, 15) is 49.4 Å². The molecule has 0 unspecified atom stereocenters. The van der Waals surface area contributed by atoms with Gasteiger partial charge in [0, 0.05) is 12.2 Å². The summed E-state index contributed by atoms with van der Waals surface area (Å²) in [5.41, 5.74) is -10.4. The maximum Gasteiger partial charge on any atom is 0.423 e. The smallest absolute Gasteiger partial charge is 0.423 e. The van der Waals surface area contributed by atoms with Gasteiger partial charge in [-0.3, -0.25) is 0 Å². The molecule has 1 atom stereocenters. The first-order valence-corrected chi connectivity index (χ1v) is 11.5. The number of rotatable bonds is 6. The van der Waals surface area contributed by atoms with Gasteiger partial charge in [-0.1, -0.05) is 29.3 Å². The van der Waals surface area contributed by atoms with Crippen molar-refractivity contribution in [2.45, 2.75) is 57.0 Å². The summed E-state index contributed by atoms with van der Waals surface area (Å²) in [6.45, 7) is 2.33. The molecule has 0 bridgehead atoms. The Hall–Kier alpha value is -2.58. The molecule has 39 heavy (non-hydrogen) atoms.